The van der Waals surface area contributed by atoms with Crippen molar-refractivity contribution >= 4 is 16.9 Å². The summed E-state index contributed by atoms with van der Waals surface area (Å²) in [4.78, 5) is 14.8. The first-order valence-electron chi connectivity index (χ1n) is 11.5. The van der Waals surface area contributed by atoms with Gasteiger partial charge < -0.3 is 14.4 Å². The van der Waals surface area contributed by atoms with Gasteiger partial charge in [0.2, 0.25) is 5.36 Å². The number of carbonyl (C=O) groups is 1. The molecule has 0 saturated heterocycles. The molecule has 0 radical (unpaired) electrons. The molecule has 33 heavy (non-hydrogen) atoms. The molecule has 170 valence electrons. The molecule has 0 aromatic heterocycles. The lowest BCUT2D eigenvalue weighted by Crippen LogP contribution is -2.30. The van der Waals surface area contributed by atoms with E-state index in [-0.39, 0.29) is 19.1 Å². The van der Waals surface area contributed by atoms with E-state index < -0.39 is 0 Å². The first-order valence-corrected chi connectivity index (χ1v) is 11.5. The van der Waals surface area contributed by atoms with Crippen LogP contribution in [-0.4, -0.2) is 49.2 Å². The molecule has 1 amide bonds. The van der Waals surface area contributed by atoms with Gasteiger partial charge in [-0.25, -0.2) is 4.58 Å². The molecule has 0 saturated carbocycles. The molecule has 0 atom stereocenters. The van der Waals surface area contributed by atoms with Gasteiger partial charge in [-0.1, -0.05) is 30.3 Å². The lowest BCUT2D eigenvalue weighted by atomic mass is 9.90. The molecule has 5 nitrogen and oxygen atoms in total. The molecule has 2 aromatic rings. The zero-order valence-electron chi connectivity index (χ0n) is 19.8. The van der Waals surface area contributed by atoms with E-state index in [1.165, 1.54) is 0 Å². The SMILES string of the molecule is CC[N+](CC)=c1ccc2c(-c3ccccc3C(=O)N(C)CCO)c3ccc(C)cc3oc-2c1. The Kier molecular flexibility index (Phi) is 6.61. The quantitative estimate of drug-likeness (QED) is 0.355. The Morgan fingerprint density at radius 2 is 1.76 bits per heavy atom. The fourth-order valence-corrected chi connectivity index (χ4v) is 4.41. The number of aryl methyl sites for hydroxylation is 1. The summed E-state index contributed by atoms with van der Waals surface area (Å²) in [5.74, 6) is 0.673. The minimum absolute atomic E-state index is 0.0755. The number of amides is 1. The maximum atomic E-state index is 13.3. The smallest absolute Gasteiger partial charge is 0.254 e. The van der Waals surface area contributed by atoms with Crippen LogP contribution in [0.5, 0.6) is 0 Å². The summed E-state index contributed by atoms with van der Waals surface area (Å²) in [5.41, 5.74) is 5.32. The van der Waals surface area contributed by atoms with Crippen molar-refractivity contribution in [2.75, 3.05) is 33.3 Å². The van der Waals surface area contributed by atoms with Crippen molar-refractivity contribution in [1.82, 2.24) is 9.48 Å². The number of fused-ring (bicyclic) bond motifs is 2. The second-order valence-electron chi connectivity index (χ2n) is 8.33. The minimum atomic E-state index is -0.117. The van der Waals surface area contributed by atoms with Crippen LogP contribution in [0.2, 0.25) is 0 Å². The molecule has 0 spiro atoms. The molecule has 0 bridgehead atoms. The van der Waals surface area contributed by atoms with Crippen molar-refractivity contribution in [3.63, 3.8) is 0 Å². The normalized spacial score (nSPS) is 11.2. The molecule has 1 heterocycles. The lowest BCUT2D eigenvalue weighted by Gasteiger charge is -2.21. The number of aliphatic hydroxyl groups is 1. The van der Waals surface area contributed by atoms with Crippen molar-refractivity contribution in [2.24, 2.45) is 0 Å². The Hall–Kier alpha value is -3.44. The standard InChI is InChI=1S/C28H31N2O3/c1-5-30(6-2)20-12-14-24-26(18-20)33-25-17-19(3)11-13-23(25)27(24)21-9-7-8-10-22(21)28(32)29(4)15-16-31/h7-14,17-18,31H,5-6,15-16H2,1-4H3/q+1. The van der Waals surface area contributed by atoms with Gasteiger partial charge in [0.15, 0.2) is 0 Å². The van der Waals surface area contributed by atoms with Crippen LogP contribution >= 0.6 is 0 Å². The van der Waals surface area contributed by atoms with Gasteiger partial charge in [-0.3, -0.25) is 4.79 Å². The second kappa shape index (κ2) is 9.59. The predicted molar refractivity (Wildman–Crippen MR) is 133 cm³/mol. The van der Waals surface area contributed by atoms with E-state index in [0.29, 0.717) is 5.56 Å². The van der Waals surface area contributed by atoms with Gasteiger partial charge in [0.25, 0.3) is 5.91 Å². The van der Waals surface area contributed by atoms with Crippen molar-refractivity contribution in [2.45, 2.75) is 20.8 Å². The molecule has 0 unspecified atom stereocenters. The molecule has 4 rings (SSSR count). The molecule has 1 aliphatic carbocycles. The summed E-state index contributed by atoms with van der Waals surface area (Å²) in [6, 6.07) is 20.2. The van der Waals surface area contributed by atoms with E-state index in [2.05, 4.69) is 48.8 Å². The van der Waals surface area contributed by atoms with Gasteiger partial charge in [-0.2, -0.15) is 0 Å². The highest BCUT2D eigenvalue weighted by atomic mass is 16.3. The number of nitrogens with zero attached hydrogens (tertiary/aromatic N) is 2. The number of rotatable bonds is 6. The van der Waals surface area contributed by atoms with Gasteiger partial charge in [0.1, 0.15) is 24.4 Å². The molecule has 1 aliphatic heterocycles. The lowest BCUT2D eigenvalue weighted by molar-refractivity contribution is 0.0767. The van der Waals surface area contributed by atoms with Crippen LogP contribution in [0.1, 0.15) is 29.8 Å². The van der Waals surface area contributed by atoms with Gasteiger partial charge in [0, 0.05) is 41.7 Å². The third-order valence-electron chi connectivity index (χ3n) is 6.20. The van der Waals surface area contributed by atoms with Crippen LogP contribution in [0.15, 0.2) is 65.1 Å². The number of benzene rings is 3. The number of hydrogen-bond donors (Lipinski definition) is 1. The Balaban J connectivity index is 2.08. The molecular formula is C28H31N2O3+. The van der Waals surface area contributed by atoms with Crippen LogP contribution in [0.3, 0.4) is 0 Å². The molecule has 2 aliphatic rings. The second-order valence-corrected chi connectivity index (χ2v) is 8.33. The van der Waals surface area contributed by atoms with E-state index in [1.54, 1.807) is 11.9 Å². The summed E-state index contributed by atoms with van der Waals surface area (Å²) in [7, 11) is 1.71. The fraction of sp³-hybridized carbons (Fsp3) is 0.286. The topological polar surface area (TPSA) is 56.7 Å². The molecule has 5 heteroatoms. The maximum Gasteiger partial charge on any atom is 0.254 e. The van der Waals surface area contributed by atoms with Gasteiger partial charge in [-0.05, 0) is 50.1 Å². The molecule has 0 fully saturated rings. The number of likely N-dealkylation sites (N-methyl/N-ethyl adjacent to an activating group) is 1. The van der Waals surface area contributed by atoms with Crippen molar-refractivity contribution in [1.29, 1.82) is 0 Å². The summed E-state index contributed by atoms with van der Waals surface area (Å²) in [5, 5.41) is 11.4. The largest absolute Gasteiger partial charge is 0.456 e. The Bertz CT molecular complexity index is 1350. The Morgan fingerprint density at radius 3 is 2.48 bits per heavy atom. The molecule has 2 aromatic carbocycles. The third-order valence-corrected chi connectivity index (χ3v) is 6.20. The van der Waals surface area contributed by atoms with Crippen LogP contribution in [0, 0.1) is 6.92 Å². The first kappa shape index (κ1) is 22.7. The zero-order valence-corrected chi connectivity index (χ0v) is 19.8. The van der Waals surface area contributed by atoms with E-state index >= 15 is 0 Å². The van der Waals surface area contributed by atoms with Crippen LogP contribution < -0.4 is 9.93 Å². The zero-order chi connectivity index (χ0) is 23.5. The predicted octanol–water partition coefficient (Wildman–Crippen LogP) is 4.39. The minimum Gasteiger partial charge on any atom is -0.456 e. The third kappa shape index (κ3) is 4.29. The Labute approximate surface area is 194 Å². The van der Waals surface area contributed by atoms with Crippen molar-refractivity contribution in [3.05, 3.63) is 77.1 Å². The summed E-state index contributed by atoms with van der Waals surface area (Å²) >= 11 is 0. The molecular weight excluding hydrogens is 412 g/mol. The highest BCUT2D eigenvalue weighted by Crippen LogP contribution is 2.41. The van der Waals surface area contributed by atoms with E-state index in [4.69, 9.17) is 4.42 Å². The highest BCUT2D eigenvalue weighted by Gasteiger charge is 2.23. The Morgan fingerprint density at radius 1 is 1.00 bits per heavy atom. The highest BCUT2D eigenvalue weighted by molar-refractivity contribution is 6.09. The fourth-order valence-electron chi connectivity index (χ4n) is 4.41. The van der Waals surface area contributed by atoms with Crippen LogP contribution in [0.4, 0.5) is 0 Å². The summed E-state index contributed by atoms with van der Waals surface area (Å²) < 4.78 is 8.69. The van der Waals surface area contributed by atoms with Gasteiger partial charge in [-0.15, -0.1) is 0 Å². The number of carbonyl (C=O) groups excluding carboxylic acids is 1. The number of hydrogen-bond acceptors (Lipinski definition) is 3. The maximum absolute atomic E-state index is 13.3. The summed E-state index contributed by atoms with van der Waals surface area (Å²) in [6.07, 6.45) is 0. The van der Waals surface area contributed by atoms with Gasteiger partial charge in [0.05, 0.1) is 12.7 Å². The van der Waals surface area contributed by atoms with Crippen molar-refractivity contribution < 1.29 is 14.3 Å². The monoisotopic (exact) mass is 443 g/mol. The first-order chi connectivity index (χ1) is 16.0. The van der Waals surface area contributed by atoms with E-state index in [1.807, 2.05) is 37.3 Å². The van der Waals surface area contributed by atoms with Crippen molar-refractivity contribution in [3.8, 4) is 22.5 Å². The van der Waals surface area contributed by atoms with Crippen LogP contribution in [0.25, 0.3) is 33.4 Å². The average Bonchev–Trinajstić information content (AvgIpc) is 2.83. The number of aliphatic hydroxyl groups excluding tert-OH is 1. The molecule has 1 N–H and O–H groups in total. The summed E-state index contributed by atoms with van der Waals surface area (Å²) in [6.45, 7) is 8.37. The van der Waals surface area contributed by atoms with E-state index in [9.17, 15) is 9.90 Å². The average molecular weight is 444 g/mol. The van der Waals surface area contributed by atoms with E-state index in [0.717, 1.165) is 57.4 Å². The van der Waals surface area contributed by atoms with Crippen LogP contribution in [-0.2, 0) is 0 Å². The van der Waals surface area contributed by atoms with Gasteiger partial charge >= 0.3 is 0 Å².